The minimum atomic E-state index is -0.608. The molecular weight excluding hydrogens is 384 g/mol. The van der Waals surface area contributed by atoms with Gasteiger partial charge in [0.1, 0.15) is 11.0 Å². The Bertz CT molecular complexity index is 975. The van der Waals surface area contributed by atoms with Gasteiger partial charge in [-0.25, -0.2) is 4.98 Å². The number of hydrogen-bond donors (Lipinski definition) is 1. The highest BCUT2D eigenvalue weighted by Gasteiger charge is 2.32. The Hall–Kier alpha value is -3.06. The van der Waals surface area contributed by atoms with Crippen molar-refractivity contribution in [3.63, 3.8) is 0 Å². The zero-order chi connectivity index (χ0) is 20.1. The Morgan fingerprint density at radius 3 is 2.69 bits per heavy atom. The van der Waals surface area contributed by atoms with Gasteiger partial charge in [0, 0.05) is 36.3 Å². The third kappa shape index (κ3) is 4.51. The Labute approximate surface area is 173 Å². The number of carbonyl (C=O) groups is 2. The number of benzene rings is 1. The van der Waals surface area contributed by atoms with Gasteiger partial charge in [0.25, 0.3) is 0 Å². The Balaban J connectivity index is 1.48. The second-order valence-electron chi connectivity index (χ2n) is 6.94. The van der Waals surface area contributed by atoms with Crippen molar-refractivity contribution in [1.82, 2.24) is 20.2 Å². The second kappa shape index (κ2) is 8.96. The molecule has 7 heteroatoms. The minimum Gasteiger partial charge on any atom is -0.347 e. The SMILES string of the molecule is O=C(NCc1nc(-c2ccncc2)cs1)C(c1ccccc1)N1CCCCC1=O. The van der Waals surface area contributed by atoms with Gasteiger partial charge >= 0.3 is 0 Å². The summed E-state index contributed by atoms with van der Waals surface area (Å²) in [5.41, 5.74) is 2.69. The number of likely N-dealkylation sites (tertiary alicyclic amines) is 1. The fourth-order valence-corrected chi connectivity index (χ4v) is 4.26. The number of piperidine rings is 1. The van der Waals surface area contributed by atoms with Crippen LogP contribution in [0.2, 0.25) is 0 Å². The van der Waals surface area contributed by atoms with Gasteiger partial charge in [-0.15, -0.1) is 11.3 Å². The predicted molar refractivity (Wildman–Crippen MR) is 112 cm³/mol. The molecule has 3 heterocycles. The van der Waals surface area contributed by atoms with E-state index in [1.165, 1.54) is 11.3 Å². The van der Waals surface area contributed by atoms with Crippen LogP contribution < -0.4 is 5.32 Å². The van der Waals surface area contributed by atoms with Crippen LogP contribution in [0, 0.1) is 0 Å². The molecule has 2 aromatic heterocycles. The number of nitrogens with one attached hydrogen (secondary N) is 1. The van der Waals surface area contributed by atoms with Crippen LogP contribution in [0.5, 0.6) is 0 Å². The molecule has 1 aliphatic rings. The Kier molecular flexibility index (Phi) is 5.95. The maximum absolute atomic E-state index is 13.1. The normalized spacial score (nSPS) is 15.2. The van der Waals surface area contributed by atoms with E-state index in [4.69, 9.17) is 0 Å². The molecule has 148 valence electrons. The number of thiazole rings is 1. The lowest BCUT2D eigenvalue weighted by atomic mass is 10.0. The molecule has 2 amide bonds. The molecule has 0 bridgehead atoms. The maximum atomic E-state index is 13.1. The molecule has 1 aromatic carbocycles. The van der Waals surface area contributed by atoms with Gasteiger partial charge in [-0.1, -0.05) is 30.3 Å². The van der Waals surface area contributed by atoms with Crippen LogP contribution in [0.15, 0.2) is 60.2 Å². The molecule has 6 nitrogen and oxygen atoms in total. The summed E-state index contributed by atoms with van der Waals surface area (Å²) in [4.78, 5) is 35.9. The summed E-state index contributed by atoms with van der Waals surface area (Å²) >= 11 is 1.50. The molecule has 0 saturated carbocycles. The van der Waals surface area contributed by atoms with Crippen LogP contribution in [0.4, 0.5) is 0 Å². The van der Waals surface area contributed by atoms with E-state index in [0.29, 0.717) is 19.5 Å². The monoisotopic (exact) mass is 406 g/mol. The smallest absolute Gasteiger partial charge is 0.247 e. The topological polar surface area (TPSA) is 75.2 Å². The number of pyridine rings is 1. The summed E-state index contributed by atoms with van der Waals surface area (Å²) < 4.78 is 0. The number of aromatic nitrogens is 2. The third-order valence-corrected chi connectivity index (χ3v) is 5.83. The summed E-state index contributed by atoms with van der Waals surface area (Å²) in [5.74, 6) is -0.137. The first-order valence-electron chi connectivity index (χ1n) is 9.69. The Morgan fingerprint density at radius 2 is 1.93 bits per heavy atom. The molecule has 1 atom stereocenters. The molecule has 1 unspecified atom stereocenters. The lowest BCUT2D eigenvalue weighted by Gasteiger charge is -2.34. The molecule has 1 aliphatic heterocycles. The van der Waals surface area contributed by atoms with Gasteiger partial charge in [-0.05, 0) is 30.5 Å². The van der Waals surface area contributed by atoms with Crippen molar-refractivity contribution < 1.29 is 9.59 Å². The van der Waals surface area contributed by atoms with Crippen molar-refractivity contribution in [2.45, 2.75) is 31.8 Å². The molecule has 29 heavy (non-hydrogen) atoms. The van der Waals surface area contributed by atoms with Crippen molar-refractivity contribution in [2.75, 3.05) is 6.54 Å². The summed E-state index contributed by atoms with van der Waals surface area (Å²) in [6.07, 6.45) is 5.77. The summed E-state index contributed by atoms with van der Waals surface area (Å²) in [7, 11) is 0. The number of rotatable bonds is 6. The zero-order valence-electron chi connectivity index (χ0n) is 16.0. The van der Waals surface area contributed by atoms with Gasteiger partial charge in [0.05, 0.1) is 12.2 Å². The van der Waals surface area contributed by atoms with Gasteiger partial charge < -0.3 is 10.2 Å². The Morgan fingerprint density at radius 1 is 1.14 bits per heavy atom. The number of amides is 2. The summed E-state index contributed by atoms with van der Waals surface area (Å²) in [6.45, 7) is 0.940. The van der Waals surface area contributed by atoms with E-state index < -0.39 is 6.04 Å². The largest absolute Gasteiger partial charge is 0.347 e. The number of carbonyl (C=O) groups excluding carboxylic acids is 2. The molecule has 1 saturated heterocycles. The number of hydrogen-bond acceptors (Lipinski definition) is 5. The van der Waals surface area contributed by atoms with Gasteiger partial charge in [-0.3, -0.25) is 14.6 Å². The number of nitrogens with zero attached hydrogens (tertiary/aromatic N) is 3. The van der Waals surface area contributed by atoms with Crippen molar-refractivity contribution >= 4 is 23.2 Å². The second-order valence-corrected chi connectivity index (χ2v) is 7.88. The minimum absolute atomic E-state index is 0.0366. The van der Waals surface area contributed by atoms with Crippen molar-refractivity contribution in [3.8, 4) is 11.3 Å². The zero-order valence-corrected chi connectivity index (χ0v) is 16.8. The van der Waals surface area contributed by atoms with E-state index in [0.717, 1.165) is 34.7 Å². The van der Waals surface area contributed by atoms with Gasteiger partial charge in [0.15, 0.2) is 0 Å². The third-order valence-electron chi connectivity index (χ3n) is 4.98. The molecule has 0 aliphatic carbocycles. The van der Waals surface area contributed by atoms with Crippen molar-refractivity contribution in [1.29, 1.82) is 0 Å². The van der Waals surface area contributed by atoms with Crippen LogP contribution in [0.25, 0.3) is 11.3 Å². The predicted octanol–water partition coefficient (Wildman–Crippen LogP) is 3.58. The van der Waals surface area contributed by atoms with Crippen molar-refractivity contribution in [3.05, 3.63) is 70.8 Å². The molecular formula is C22H22N4O2S. The molecule has 0 spiro atoms. The van der Waals surface area contributed by atoms with Gasteiger partial charge in [0.2, 0.25) is 11.8 Å². The van der Waals surface area contributed by atoms with Crippen LogP contribution >= 0.6 is 11.3 Å². The first-order chi connectivity index (χ1) is 14.2. The van der Waals surface area contributed by atoms with E-state index in [2.05, 4.69) is 15.3 Å². The van der Waals surface area contributed by atoms with Crippen LogP contribution in [-0.2, 0) is 16.1 Å². The maximum Gasteiger partial charge on any atom is 0.247 e. The van der Waals surface area contributed by atoms with Crippen LogP contribution in [0.3, 0.4) is 0 Å². The lowest BCUT2D eigenvalue weighted by molar-refractivity contribution is -0.142. The van der Waals surface area contributed by atoms with Crippen molar-refractivity contribution in [2.24, 2.45) is 0 Å². The first kappa shape index (κ1) is 19.3. The van der Waals surface area contributed by atoms with E-state index in [-0.39, 0.29) is 11.8 Å². The highest BCUT2D eigenvalue weighted by Crippen LogP contribution is 2.26. The van der Waals surface area contributed by atoms with Gasteiger partial charge in [-0.2, -0.15) is 0 Å². The average molecular weight is 407 g/mol. The fraction of sp³-hybridized carbons (Fsp3) is 0.273. The fourth-order valence-electron chi connectivity index (χ4n) is 3.51. The average Bonchev–Trinajstić information content (AvgIpc) is 3.24. The lowest BCUT2D eigenvalue weighted by Crippen LogP contribution is -2.45. The van der Waals surface area contributed by atoms with E-state index >= 15 is 0 Å². The van der Waals surface area contributed by atoms with E-state index in [9.17, 15) is 9.59 Å². The summed E-state index contributed by atoms with van der Waals surface area (Å²) in [5, 5.41) is 5.78. The first-order valence-corrected chi connectivity index (χ1v) is 10.6. The van der Waals surface area contributed by atoms with Crippen LogP contribution in [-0.4, -0.2) is 33.2 Å². The molecule has 1 N–H and O–H groups in total. The standard InChI is InChI=1S/C22H22N4O2S/c27-20-8-4-5-13-26(20)21(17-6-2-1-3-7-17)22(28)24-14-19-25-18(15-29-19)16-9-11-23-12-10-16/h1-3,6-7,9-12,15,21H,4-5,8,13-14H2,(H,24,28). The molecule has 3 aromatic rings. The molecule has 1 fully saturated rings. The summed E-state index contributed by atoms with van der Waals surface area (Å²) in [6, 6.07) is 12.7. The molecule has 0 radical (unpaired) electrons. The highest BCUT2D eigenvalue weighted by molar-refractivity contribution is 7.09. The quantitative estimate of drug-likeness (QED) is 0.679. The van der Waals surface area contributed by atoms with E-state index in [1.807, 2.05) is 47.8 Å². The molecule has 4 rings (SSSR count). The van der Waals surface area contributed by atoms with E-state index in [1.54, 1.807) is 17.3 Å². The highest BCUT2D eigenvalue weighted by atomic mass is 32.1. The van der Waals surface area contributed by atoms with Crippen LogP contribution in [0.1, 0.15) is 35.9 Å².